The van der Waals surface area contributed by atoms with Gasteiger partial charge in [-0.1, -0.05) is 15.9 Å². The Hall–Kier alpha value is -2.10. The molecule has 0 saturated carbocycles. The summed E-state index contributed by atoms with van der Waals surface area (Å²) in [6, 6.07) is 2.45. The Morgan fingerprint density at radius 1 is 1.33 bits per heavy atom. The number of hydrogen-bond donors (Lipinski definition) is 2. The molecule has 1 fully saturated rings. The lowest BCUT2D eigenvalue weighted by Gasteiger charge is -2.16. The molecule has 0 aliphatic carbocycles. The Bertz CT molecular complexity index is 719. The first-order chi connectivity index (χ1) is 10.9. The summed E-state index contributed by atoms with van der Waals surface area (Å²) in [6.07, 6.45) is -4.59. The third-order valence-electron chi connectivity index (χ3n) is 3.30. The minimum absolute atomic E-state index is 0.0955. The second kappa shape index (κ2) is 6.08. The number of carbonyl (C=O) groups excluding carboxylic acids is 3. The maximum atomic E-state index is 12.8. The van der Waals surface area contributed by atoms with Crippen molar-refractivity contribution < 1.29 is 27.6 Å². The minimum atomic E-state index is -4.59. The van der Waals surface area contributed by atoms with E-state index in [1.54, 1.807) is 0 Å². The molecule has 0 radical (unpaired) electrons. The molecule has 6 nitrogen and oxygen atoms in total. The molecule has 0 spiro atoms. The van der Waals surface area contributed by atoms with Gasteiger partial charge in [-0.15, -0.1) is 0 Å². The fraction of sp³-hybridized carbons (Fsp3) is 0.357. The van der Waals surface area contributed by atoms with Crippen LogP contribution >= 0.6 is 15.9 Å². The molecular weight excluding hydrogens is 395 g/mol. The number of alkyl halides is 3. The van der Waals surface area contributed by atoms with Crippen molar-refractivity contribution in [1.29, 1.82) is 0 Å². The number of amides is 4. The summed E-state index contributed by atoms with van der Waals surface area (Å²) in [5.41, 5.74) is -2.17. The van der Waals surface area contributed by atoms with Crippen LogP contribution in [0.2, 0.25) is 0 Å². The molecule has 1 aliphatic rings. The first kappa shape index (κ1) is 18.2. The van der Waals surface area contributed by atoms with Crippen molar-refractivity contribution in [3.63, 3.8) is 0 Å². The number of carbonyl (C=O) groups is 3. The zero-order chi connectivity index (χ0) is 18.3. The number of nitrogens with one attached hydrogen (secondary N) is 2. The first-order valence-electron chi connectivity index (χ1n) is 6.72. The van der Waals surface area contributed by atoms with Gasteiger partial charge in [0.15, 0.2) is 0 Å². The molecule has 0 atom stereocenters. The standard InChI is InChI=1S/C14H13BrF3N3O3/c1-13(2)11(23)21(12(24)20-13)6-10(22)19-7-3-4-9(15)8(5-7)14(16,17)18/h3-5H,6H2,1-2H3,(H,19,22)(H,20,24). The summed E-state index contributed by atoms with van der Waals surface area (Å²) in [5, 5.41) is 4.64. The number of imide groups is 1. The van der Waals surface area contributed by atoms with E-state index in [0.29, 0.717) is 4.90 Å². The van der Waals surface area contributed by atoms with E-state index in [4.69, 9.17) is 0 Å². The van der Waals surface area contributed by atoms with Gasteiger partial charge in [-0.05, 0) is 32.0 Å². The van der Waals surface area contributed by atoms with Crippen molar-refractivity contribution in [2.45, 2.75) is 25.6 Å². The lowest BCUT2D eigenvalue weighted by atomic mass is 10.1. The molecule has 0 aromatic heterocycles. The van der Waals surface area contributed by atoms with Crippen LogP contribution in [0.25, 0.3) is 0 Å². The molecule has 0 unspecified atom stereocenters. The van der Waals surface area contributed by atoms with E-state index in [2.05, 4.69) is 26.6 Å². The number of halogens is 4. The molecule has 24 heavy (non-hydrogen) atoms. The van der Waals surface area contributed by atoms with Crippen LogP contribution < -0.4 is 10.6 Å². The third-order valence-corrected chi connectivity index (χ3v) is 3.99. The third kappa shape index (κ3) is 3.69. The van der Waals surface area contributed by atoms with Gasteiger partial charge >= 0.3 is 12.2 Å². The molecule has 4 amide bonds. The molecule has 2 N–H and O–H groups in total. The molecular formula is C14H13BrF3N3O3. The number of rotatable bonds is 3. The molecule has 1 saturated heterocycles. The molecule has 2 rings (SSSR count). The van der Waals surface area contributed by atoms with Crippen molar-refractivity contribution in [2.75, 3.05) is 11.9 Å². The number of nitrogens with zero attached hydrogens (tertiary/aromatic N) is 1. The number of anilines is 1. The second-order valence-corrected chi connectivity index (χ2v) is 6.54. The molecule has 1 heterocycles. The van der Waals surface area contributed by atoms with Gasteiger partial charge in [-0.3, -0.25) is 14.5 Å². The fourth-order valence-electron chi connectivity index (χ4n) is 2.13. The highest BCUT2D eigenvalue weighted by atomic mass is 79.9. The Morgan fingerprint density at radius 2 is 1.96 bits per heavy atom. The number of urea groups is 1. The molecule has 1 aromatic carbocycles. The van der Waals surface area contributed by atoms with Crippen LogP contribution in [-0.2, 0) is 15.8 Å². The van der Waals surface area contributed by atoms with Crippen molar-refractivity contribution in [3.8, 4) is 0 Å². The highest BCUT2D eigenvalue weighted by molar-refractivity contribution is 9.10. The largest absolute Gasteiger partial charge is 0.417 e. The van der Waals surface area contributed by atoms with Crippen LogP contribution in [-0.4, -0.2) is 34.8 Å². The van der Waals surface area contributed by atoms with Gasteiger partial charge in [0.25, 0.3) is 5.91 Å². The van der Waals surface area contributed by atoms with E-state index in [1.807, 2.05) is 0 Å². The maximum Gasteiger partial charge on any atom is 0.417 e. The smallest absolute Gasteiger partial charge is 0.325 e. The van der Waals surface area contributed by atoms with Crippen molar-refractivity contribution >= 4 is 39.5 Å². The highest BCUT2D eigenvalue weighted by Crippen LogP contribution is 2.36. The molecule has 130 valence electrons. The maximum absolute atomic E-state index is 12.8. The predicted octanol–water partition coefficient (Wildman–Crippen LogP) is 2.74. The van der Waals surface area contributed by atoms with Crippen LogP contribution in [0.1, 0.15) is 19.4 Å². The van der Waals surface area contributed by atoms with Gasteiger partial charge in [0.1, 0.15) is 12.1 Å². The van der Waals surface area contributed by atoms with Gasteiger partial charge in [0, 0.05) is 10.2 Å². The van der Waals surface area contributed by atoms with Crippen molar-refractivity contribution in [3.05, 3.63) is 28.2 Å². The molecule has 1 aliphatic heterocycles. The Morgan fingerprint density at radius 3 is 2.46 bits per heavy atom. The predicted molar refractivity (Wildman–Crippen MR) is 82.1 cm³/mol. The van der Waals surface area contributed by atoms with Crippen LogP contribution in [0.3, 0.4) is 0 Å². The second-order valence-electron chi connectivity index (χ2n) is 5.69. The number of hydrogen-bond acceptors (Lipinski definition) is 3. The number of benzene rings is 1. The Kier molecular flexibility index (Phi) is 4.62. The quantitative estimate of drug-likeness (QED) is 0.756. The summed E-state index contributed by atoms with van der Waals surface area (Å²) in [6.45, 7) is 2.37. The van der Waals surface area contributed by atoms with Gasteiger partial charge in [-0.25, -0.2) is 4.79 Å². The van der Waals surface area contributed by atoms with E-state index in [1.165, 1.54) is 19.9 Å². The zero-order valence-electron chi connectivity index (χ0n) is 12.6. The molecule has 0 bridgehead atoms. The average molecular weight is 408 g/mol. The van der Waals surface area contributed by atoms with Gasteiger partial charge in [0.2, 0.25) is 5.91 Å². The van der Waals surface area contributed by atoms with Crippen molar-refractivity contribution in [2.24, 2.45) is 0 Å². The monoisotopic (exact) mass is 407 g/mol. The average Bonchev–Trinajstić information content (AvgIpc) is 2.62. The van der Waals surface area contributed by atoms with Gasteiger partial charge in [-0.2, -0.15) is 13.2 Å². The Labute approximate surface area is 143 Å². The molecule has 1 aromatic rings. The summed E-state index contributed by atoms with van der Waals surface area (Å²) >= 11 is 2.79. The van der Waals surface area contributed by atoms with E-state index in [9.17, 15) is 27.6 Å². The Balaban J connectivity index is 2.11. The van der Waals surface area contributed by atoms with E-state index in [-0.39, 0.29) is 10.2 Å². The van der Waals surface area contributed by atoms with Crippen LogP contribution in [0.4, 0.5) is 23.7 Å². The van der Waals surface area contributed by atoms with Crippen molar-refractivity contribution in [1.82, 2.24) is 10.2 Å². The van der Waals surface area contributed by atoms with E-state index >= 15 is 0 Å². The van der Waals surface area contributed by atoms with Crippen LogP contribution in [0.5, 0.6) is 0 Å². The fourth-order valence-corrected chi connectivity index (χ4v) is 2.60. The van der Waals surface area contributed by atoms with Gasteiger partial charge in [0.05, 0.1) is 5.56 Å². The zero-order valence-corrected chi connectivity index (χ0v) is 14.2. The summed E-state index contributed by atoms with van der Waals surface area (Å²) < 4.78 is 38.3. The first-order valence-corrected chi connectivity index (χ1v) is 7.52. The van der Waals surface area contributed by atoms with Crippen LogP contribution in [0, 0.1) is 0 Å². The summed E-state index contributed by atoms with van der Waals surface area (Å²) in [4.78, 5) is 36.3. The highest BCUT2D eigenvalue weighted by Gasteiger charge is 2.44. The van der Waals surface area contributed by atoms with Crippen LogP contribution in [0.15, 0.2) is 22.7 Å². The van der Waals surface area contributed by atoms with E-state index in [0.717, 1.165) is 12.1 Å². The van der Waals surface area contributed by atoms with Gasteiger partial charge < -0.3 is 10.6 Å². The topological polar surface area (TPSA) is 78.5 Å². The lowest BCUT2D eigenvalue weighted by molar-refractivity contribution is -0.138. The van der Waals surface area contributed by atoms with E-state index < -0.39 is 41.7 Å². The molecule has 10 heteroatoms. The summed E-state index contributed by atoms with van der Waals surface area (Å²) in [5.74, 6) is -1.37. The normalized spacial score (nSPS) is 17.0. The summed E-state index contributed by atoms with van der Waals surface area (Å²) in [7, 11) is 0. The minimum Gasteiger partial charge on any atom is -0.325 e. The SMILES string of the molecule is CC1(C)NC(=O)N(CC(=O)Nc2ccc(Br)c(C(F)(F)F)c2)C1=O. The lowest BCUT2D eigenvalue weighted by Crippen LogP contribution is -2.41.